The minimum Gasteiger partial charge on any atom is -0.490 e. The smallest absolute Gasteiger partial charge is 0.270 e. The van der Waals surface area contributed by atoms with Crippen LogP contribution in [0, 0.1) is 5.82 Å². The van der Waals surface area contributed by atoms with Crippen molar-refractivity contribution in [2.75, 3.05) is 4.90 Å². The van der Waals surface area contributed by atoms with E-state index in [-0.39, 0.29) is 22.5 Å². The highest BCUT2D eigenvalue weighted by Crippen LogP contribution is 2.26. The molecule has 1 aliphatic rings. The van der Waals surface area contributed by atoms with Gasteiger partial charge >= 0.3 is 0 Å². The van der Waals surface area contributed by atoms with Crippen molar-refractivity contribution >= 4 is 40.9 Å². The standard InChI is InChI=1S/C20H17FN2O3S/c1-12(2)26-17-9-4-3-6-13(17)10-16-18(24)22-20(27)23(19(16)25)15-8-5-7-14(21)11-15/h3-12H,1-2H3,(H,22,24,27). The molecule has 27 heavy (non-hydrogen) atoms. The Balaban J connectivity index is 2.03. The number of anilines is 1. The molecule has 5 nitrogen and oxygen atoms in total. The van der Waals surface area contributed by atoms with E-state index in [1.165, 1.54) is 30.3 Å². The van der Waals surface area contributed by atoms with E-state index in [4.69, 9.17) is 17.0 Å². The number of nitrogens with zero attached hydrogens (tertiary/aromatic N) is 1. The highest BCUT2D eigenvalue weighted by atomic mass is 32.1. The maximum absolute atomic E-state index is 13.6. The third-order valence-electron chi connectivity index (χ3n) is 3.75. The lowest BCUT2D eigenvalue weighted by Gasteiger charge is -2.29. The van der Waals surface area contributed by atoms with Crippen LogP contribution in [0.1, 0.15) is 19.4 Å². The van der Waals surface area contributed by atoms with Crippen LogP contribution in [0.25, 0.3) is 6.08 Å². The van der Waals surface area contributed by atoms with Crippen LogP contribution in [-0.2, 0) is 9.59 Å². The molecule has 2 aromatic rings. The fourth-order valence-electron chi connectivity index (χ4n) is 2.62. The van der Waals surface area contributed by atoms with Gasteiger partial charge in [-0.05, 0) is 56.4 Å². The number of hydrogen-bond acceptors (Lipinski definition) is 4. The summed E-state index contributed by atoms with van der Waals surface area (Å²) in [6.45, 7) is 3.76. The first-order valence-corrected chi connectivity index (χ1v) is 8.70. The summed E-state index contributed by atoms with van der Waals surface area (Å²) < 4.78 is 19.3. The largest absolute Gasteiger partial charge is 0.490 e. The molecule has 0 atom stereocenters. The second-order valence-electron chi connectivity index (χ2n) is 6.14. The average Bonchev–Trinajstić information content (AvgIpc) is 2.59. The molecule has 1 N–H and O–H groups in total. The van der Waals surface area contributed by atoms with Crippen molar-refractivity contribution in [2.45, 2.75) is 20.0 Å². The Bertz CT molecular complexity index is 956. The monoisotopic (exact) mass is 384 g/mol. The van der Waals surface area contributed by atoms with Gasteiger partial charge in [0.25, 0.3) is 11.8 Å². The predicted octanol–water partition coefficient (Wildman–Crippen LogP) is 3.44. The van der Waals surface area contributed by atoms with Crippen LogP contribution in [0.5, 0.6) is 5.75 Å². The molecule has 1 fully saturated rings. The Kier molecular flexibility index (Phi) is 5.32. The molecule has 7 heteroatoms. The van der Waals surface area contributed by atoms with E-state index < -0.39 is 17.6 Å². The van der Waals surface area contributed by atoms with E-state index in [0.717, 1.165) is 4.90 Å². The molecule has 1 saturated heterocycles. The molecule has 2 amide bonds. The maximum Gasteiger partial charge on any atom is 0.270 e. The molecular formula is C20H17FN2O3S. The van der Waals surface area contributed by atoms with Gasteiger partial charge in [0, 0.05) is 5.56 Å². The Morgan fingerprint density at radius 2 is 1.89 bits per heavy atom. The predicted molar refractivity (Wildman–Crippen MR) is 105 cm³/mol. The zero-order valence-electron chi connectivity index (χ0n) is 14.7. The van der Waals surface area contributed by atoms with Crippen molar-refractivity contribution < 1.29 is 18.7 Å². The number of nitrogens with one attached hydrogen (secondary N) is 1. The van der Waals surface area contributed by atoms with Crippen LogP contribution in [0.3, 0.4) is 0 Å². The van der Waals surface area contributed by atoms with Crippen LogP contribution in [0.2, 0.25) is 0 Å². The van der Waals surface area contributed by atoms with Gasteiger partial charge in [0.05, 0.1) is 11.8 Å². The molecule has 0 aromatic heterocycles. The lowest BCUT2D eigenvalue weighted by molar-refractivity contribution is -0.122. The minimum atomic E-state index is -0.631. The highest BCUT2D eigenvalue weighted by Gasteiger charge is 2.34. The van der Waals surface area contributed by atoms with Crippen LogP contribution >= 0.6 is 12.2 Å². The van der Waals surface area contributed by atoms with E-state index in [0.29, 0.717) is 11.3 Å². The topological polar surface area (TPSA) is 58.6 Å². The number of halogens is 1. The molecule has 3 rings (SSSR count). The number of carbonyl (C=O) groups excluding carboxylic acids is 2. The first-order chi connectivity index (χ1) is 12.9. The van der Waals surface area contributed by atoms with Crippen LogP contribution < -0.4 is 15.0 Å². The first kappa shape index (κ1) is 18.7. The fourth-order valence-corrected chi connectivity index (χ4v) is 2.90. The van der Waals surface area contributed by atoms with E-state index in [1.54, 1.807) is 24.3 Å². The third kappa shape index (κ3) is 4.03. The van der Waals surface area contributed by atoms with Crippen molar-refractivity contribution in [1.82, 2.24) is 5.32 Å². The highest BCUT2D eigenvalue weighted by molar-refractivity contribution is 7.80. The molecule has 0 unspecified atom stereocenters. The Hall–Kier alpha value is -3.06. The lowest BCUT2D eigenvalue weighted by atomic mass is 10.1. The summed E-state index contributed by atoms with van der Waals surface area (Å²) in [5, 5.41) is 2.38. The van der Waals surface area contributed by atoms with Gasteiger partial charge in [-0.3, -0.25) is 19.8 Å². The van der Waals surface area contributed by atoms with Gasteiger partial charge in [-0.2, -0.15) is 0 Å². The van der Waals surface area contributed by atoms with Crippen LogP contribution in [0.4, 0.5) is 10.1 Å². The molecule has 138 valence electrons. The van der Waals surface area contributed by atoms with Gasteiger partial charge in [-0.15, -0.1) is 0 Å². The average molecular weight is 384 g/mol. The summed E-state index contributed by atoms with van der Waals surface area (Å²) in [5.41, 5.74) is 0.701. The second kappa shape index (κ2) is 7.67. The molecule has 0 saturated carbocycles. The summed E-state index contributed by atoms with van der Waals surface area (Å²) in [5.74, 6) is -1.21. The van der Waals surface area contributed by atoms with Crippen molar-refractivity contribution in [3.8, 4) is 5.75 Å². The minimum absolute atomic E-state index is 0.0724. The molecule has 0 radical (unpaired) electrons. The third-order valence-corrected chi connectivity index (χ3v) is 4.03. The van der Waals surface area contributed by atoms with Crippen LogP contribution in [0.15, 0.2) is 54.1 Å². The molecule has 0 bridgehead atoms. The normalized spacial score (nSPS) is 16.1. The number of thiocarbonyl (C=S) groups is 1. The summed E-state index contributed by atoms with van der Waals surface area (Å²) in [7, 11) is 0. The molecule has 1 aliphatic heterocycles. The Labute approximate surface area is 161 Å². The lowest BCUT2D eigenvalue weighted by Crippen LogP contribution is -2.54. The Morgan fingerprint density at radius 3 is 2.59 bits per heavy atom. The SMILES string of the molecule is CC(C)Oc1ccccc1C=C1C(=O)NC(=S)N(c2cccc(F)c2)C1=O. The van der Waals surface area contributed by atoms with Crippen molar-refractivity contribution in [1.29, 1.82) is 0 Å². The number of carbonyl (C=O) groups is 2. The fraction of sp³-hybridized carbons (Fsp3) is 0.150. The number of hydrogen-bond donors (Lipinski definition) is 1. The van der Waals surface area contributed by atoms with Gasteiger partial charge in [-0.1, -0.05) is 24.3 Å². The summed E-state index contributed by atoms with van der Waals surface area (Å²) in [4.78, 5) is 26.4. The molecular weight excluding hydrogens is 367 g/mol. The van der Waals surface area contributed by atoms with Crippen molar-refractivity contribution in [3.05, 3.63) is 65.5 Å². The summed E-state index contributed by atoms with van der Waals surface area (Å²) >= 11 is 5.11. The number of benzene rings is 2. The summed E-state index contributed by atoms with van der Waals surface area (Å²) in [6.07, 6.45) is 1.38. The first-order valence-electron chi connectivity index (χ1n) is 8.29. The molecule has 2 aromatic carbocycles. The number of amides is 2. The van der Waals surface area contributed by atoms with E-state index in [2.05, 4.69) is 5.32 Å². The van der Waals surface area contributed by atoms with E-state index in [9.17, 15) is 14.0 Å². The summed E-state index contributed by atoms with van der Waals surface area (Å²) in [6, 6.07) is 12.5. The van der Waals surface area contributed by atoms with Crippen LogP contribution in [-0.4, -0.2) is 23.0 Å². The second-order valence-corrected chi connectivity index (χ2v) is 6.53. The van der Waals surface area contributed by atoms with Gasteiger partial charge in [0.1, 0.15) is 17.1 Å². The molecule has 1 heterocycles. The molecule has 0 spiro atoms. The zero-order valence-corrected chi connectivity index (χ0v) is 15.5. The maximum atomic E-state index is 13.6. The van der Waals surface area contributed by atoms with Crippen molar-refractivity contribution in [3.63, 3.8) is 0 Å². The number of para-hydroxylation sites is 1. The number of ether oxygens (including phenoxy) is 1. The molecule has 0 aliphatic carbocycles. The van der Waals surface area contributed by atoms with Gasteiger partial charge in [0.15, 0.2) is 5.11 Å². The van der Waals surface area contributed by atoms with Crippen molar-refractivity contribution in [2.24, 2.45) is 0 Å². The van der Waals surface area contributed by atoms with Gasteiger partial charge < -0.3 is 4.74 Å². The van der Waals surface area contributed by atoms with Gasteiger partial charge in [-0.25, -0.2) is 4.39 Å². The van der Waals surface area contributed by atoms with E-state index >= 15 is 0 Å². The van der Waals surface area contributed by atoms with Gasteiger partial charge in [0.2, 0.25) is 0 Å². The number of rotatable bonds is 4. The van der Waals surface area contributed by atoms with E-state index in [1.807, 2.05) is 13.8 Å². The zero-order chi connectivity index (χ0) is 19.6. The Morgan fingerprint density at radius 1 is 1.15 bits per heavy atom. The quantitative estimate of drug-likeness (QED) is 0.498.